The summed E-state index contributed by atoms with van der Waals surface area (Å²) in [5.41, 5.74) is 0.535. The molecule has 0 saturated heterocycles. The molecule has 0 aliphatic carbocycles. The van der Waals surface area contributed by atoms with Crippen LogP contribution in [0.5, 0.6) is 17.2 Å². The van der Waals surface area contributed by atoms with Crippen molar-refractivity contribution in [2.45, 2.75) is 0 Å². The second-order valence-electron chi connectivity index (χ2n) is 5.63. The lowest BCUT2D eigenvalue weighted by atomic mass is 10.2. The first-order valence-corrected chi connectivity index (χ1v) is 8.05. The normalized spacial score (nSPS) is 10.6. The van der Waals surface area contributed by atoms with Gasteiger partial charge in [-0.15, -0.1) is 10.2 Å². The first-order valence-electron chi connectivity index (χ1n) is 8.05. The molecule has 1 amide bonds. The molecule has 140 valence electrons. The van der Waals surface area contributed by atoms with Crippen LogP contribution >= 0.6 is 0 Å². The van der Waals surface area contributed by atoms with E-state index in [9.17, 15) is 9.18 Å². The predicted octanol–water partition coefficient (Wildman–Crippen LogP) is 2.71. The second-order valence-corrected chi connectivity index (χ2v) is 5.63. The van der Waals surface area contributed by atoms with Crippen LogP contribution in [0.3, 0.4) is 0 Å². The first kappa shape index (κ1) is 17.3. The number of hydrogen-bond donors (Lipinski definition) is 1. The van der Waals surface area contributed by atoms with E-state index in [1.165, 1.54) is 37.8 Å². The molecule has 0 radical (unpaired) electrons. The van der Waals surface area contributed by atoms with Crippen LogP contribution in [-0.4, -0.2) is 37.6 Å². The van der Waals surface area contributed by atoms with Crippen molar-refractivity contribution in [3.63, 3.8) is 0 Å². The Bertz CT molecular complexity index is 1150. The zero-order valence-electron chi connectivity index (χ0n) is 14.5. The number of aromatic nitrogens is 5. The lowest BCUT2D eigenvalue weighted by molar-refractivity contribution is 0.102. The van der Waals surface area contributed by atoms with Crippen LogP contribution in [0.25, 0.3) is 5.65 Å². The van der Waals surface area contributed by atoms with Gasteiger partial charge in [-0.3, -0.25) is 14.2 Å². The smallest absolute Gasteiger partial charge is 0.260 e. The summed E-state index contributed by atoms with van der Waals surface area (Å²) in [6, 6.07) is 5.73. The van der Waals surface area contributed by atoms with Gasteiger partial charge in [-0.25, -0.2) is 9.37 Å². The summed E-state index contributed by atoms with van der Waals surface area (Å²) in [5.74, 6) is 0.528. The van der Waals surface area contributed by atoms with Crippen molar-refractivity contribution in [1.82, 2.24) is 24.6 Å². The maximum atomic E-state index is 13.0. The molecule has 4 rings (SSSR count). The van der Waals surface area contributed by atoms with E-state index in [1.807, 2.05) is 0 Å². The van der Waals surface area contributed by atoms with Gasteiger partial charge in [-0.1, -0.05) is 0 Å². The van der Waals surface area contributed by atoms with E-state index in [4.69, 9.17) is 9.47 Å². The van der Waals surface area contributed by atoms with E-state index in [0.29, 0.717) is 22.9 Å². The number of ether oxygens (including phenoxy) is 2. The maximum Gasteiger partial charge on any atom is 0.260 e. The quantitative estimate of drug-likeness (QED) is 0.568. The molecule has 0 aliphatic rings. The molecule has 0 atom stereocenters. The highest BCUT2D eigenvalue weighted by Crippen LogP contribution is 2.26. The molecule has 0 unspecified atom stereocenters. The summed E-state index contributed by atoms with van der Waals surface area (Å²) in [6.45, 7) is 0. The molecular weight excluding hydrogens is 367 g/mol. The second kappa shape index (κ2) is 7.27. The lowest BCUT2D eigenvalue weighted by Gasteiger charge is -2.10. The number of nitrogens with zero attached hydrogens (tertiary/aromatic N) is 5. The van der Waals surface area contributed by atoms with Gasteiger partial charge in [0.1, 0.15) is 35.2 Å². The van der Waals surface area contributed by atoms with Crippen LogP contribution in [0.1, 0.15) is 10.4 Å². The van der Waals surface area contributed by atoms with E-state index in [2.05, 4.69) is 25.5 Å². The van der Waals surface area contributed by atoms with Gasteiger partial charge in [0.25, 0.3) is 5.91 Å². The minimum absolute atomic E-state index is 0.201. The molecule has 0 fully saturated rings. The number of fused-ring (bicyclic) bond motifs is 1. The van der Waals surface area contributed by atoms with E-state index in [-0.39, 0.29) is 11.4 Å². The van der Waals surface area contributed by atoms with Gasteiger partial charge in [-0.2, -0.15) is 0 Å². The van der Waals surface area contributed by atoms with Crippen LogP contribution in [0.15, 0.2) is 55.4 Å². The van der Waals surface area contributed by atoms with Gasteiger partial charge in [0, 0.05) is 6.07 Å². The minimum Gasteiger partial charge on any atom is -0.495 e. The molecule has 0 aromatic carbocycles. The number of rotatable bonds is 5. The molecule has 4 aromatic heterocycles. The number of halogens is 1. The van der Waals surface area contributed by atoms with E-state index >= 15 is 0 Å². The molecule has 1 N–H and O–H groups in total. The number of hydrogen-bond acceptors (Lipinski definition) is 7. The van der Waals surface area contributed by atoms with Crippen LogP contribution in [-0.2, 0) is 0 Å². The van der Waals surface area contributed by atoms with Crippen molar-refractivity contribution in [3.05, 3.63) is 66.8 Å². The lowest BCUT2D eigenvalue weighted by Crippen LogP contribution is -2.14. The highest BCUT2D eigenvalue weighted by molar-refractivity contribution is 6.08. The molecule has 0 spiro atoms. The number of amides is 1. The minimum atomic E-state index is -0.500. The molecule has 0 aliphatic heterocycles. The fraction of sp³-hybridized carbons (Fsp3) is 0.0556. The third-order valence-electron chi connectivity index (χ3n) is 3.74. The maximum absolute atomic E-state index is 13.0. The summed E-state index contributed by atoms with van der Waals surface area (Å²) in [7, 11) is 1.52. The van der Waals surface area contributed by atoms with Crippen molar-refractivity contribution in [1.29, 1.82) is 0 Å². The Hall–Kier alpha value is -4.08. The number of carbonyl (C=O) groups excluding carboxylic acids is 1. The Kier molecular flexibility index (Phi) is 4.50. The standard InChI is InChI=1S/C18H13FN6O3/c1-27-12-4-13(8-20-7-12)28-14-5-15(17-24-22-10-25(17)9-14)18(26)23-16-3-2-11(19)6-21-16/h2-10H,1H3,(H,21,23,26). The van der Waals surface area contributed by atoms with E-state index in [0.717, 1.165) is 6.20 Å². The third kappa shape index (κ3) is 3.56. The van der Waals surface area contributed by atoms with Gasteiger partial charge in [0.2, 0.25) is 0 Å². The molecule has 0 saturated carbocycles. The first-order chi connectivity index (χ1) is 13.6. The summed E-state index contributed by atoms with van der Waals surface area (Å²) in [4.78, 5) is 20.5. The molecule has 9 nitrogen and oxygen atoms in total. The van der Waals surface area contributed by atoms with Crippen molar-refractivity contribution in [2.75, 3.05) is 12.4 Å². The summed E-state index contributed by atoms with van der Waals surface area (Å²) < 4.78 is 25.5. The number of pyridine rings is 3. The van der Waals surface area contributed by atoms with Gasteiger partial charge < -0.3 is 14.8 Å². The Morgan fingerprint density at radius 3 is 2.79 bits per heavy atom. The SMILES string of the molecule is COc1cncc(Oc2cc(C(=O)Nc3ccc(F)cn3)c3nncn3c2)c1. The fourth-order valence-electron chi connectivity index (χ4n) is 2.47. The average Bonchev–Trinajstić information content (AvgIpc) is 3.18. The molecular formula is C18H13FN6O3. The number of nitrogens with one attached hydrogen (secondary N) is 1. The summed E-state index contributed by atoms with van der Waals surface area (Å²) >= 11 is 0. The van der Waals surface area contributed by atoms with Gasteiger partial charge >= 0.3 is 0 Å². The van der Waals surface area contributed by atoms with Crippen molar-refractivity contribution >= 4 is 17.4 Å². The summed E-state index contributed by atoms with van der Waals surface area (Å²) in [6.07, 6.45) is 7.14. The molecule has 0 bridgehead atoms. The van der Waals surface area contributed by atoms with Crippen LogP contribution in [0.2, 0.25) is 0 Å². The Labute approximate surface area is 157 Å². The summed E-state index contributed by atoms with van der Waals surface area (Å²) in [5, 5.41) is 10.4. The van der Waals surface area contributed by atoms with Gasteiger partial charge in [0.15, 0.2) is 5.65 Å². The van der Waals surface area contributed by atoms with Crippen LogP contribution in [0, 0.1) is 5.82 Å². The largest absolute Gasteiger partial charge is 0.495 e. The van der Waals surface area contributed by atoms with Crippen LogP contribution in [0.4, 0.5) is 10.2 Å². The average molecular weight is 380 g/mol. The van der Waals surface area contributed by atoms with Gasteiger partial charge in [-0.05, 0) is 18.2 Å². The van der Waals surface area contributed by atoms with Crippen molar-refractivity contribution in [2.24, 2.45) is 0 Å². The highest BCUT2D eigenvalue weighted by atomic mass is 19.1. The molecule has 10 heteroatoms. The third-order valence-corrected chi connectivity index (χ3v) is 3.74. The molecule has 28 heavy (non-hydrogen) atoms. The molecule has 4 aromatic rings. The Morgan fingerprint density at radius 2 is 2.00 bits per heavy atom. The van der Waals surface area contributed by atoms with Crippen molar-refractivity contribution in [3.8, 4) is 17.2 Å². The number of anilines is 1. The zero-order valence-corrected chi connectivity index (χ0v) is 14.5. The highest BCUT2D eigenvalue weighted by Gasteiger charge is 2.16. The van der Waals surface area contributed by atoms with Gasteiger partial charge in [0.05, 0.1) is 37.5 Å². The molecule has 4 heterocycles. The van der Waals surface area contributed by atoms with Crippen molar-refractivity contribution < 1.29 is 18.7 Å². The predicted molar refractivity (Wildman–Crippen MR) is 96.0 cm³/mol. The van der Waals surface area contributed by atoms with E-state index in [1.54, 1.807) is 22.9 Å². The number of carbonyl (C=O) groups is 1. The Balaban J connectivity index is 1.66. The zero-order chi connectivity index (χ0) is 19.5. The monoisotopic (exact) mass is 380 g/mol. The topological polar surface area (TPSA) is 104 Å². The fourth-order valence-corrected chi connectivity index (χ4v) is 2.47. The van der Waals surface area contributed by atoms with Crippen LogP contribution < -0.4 is 14.8 Å². The van der Waals surface area contributed by atoms with E-state index < -0.39 is 11.7 Å². The Morgan fingerprint density at radius 1 is 1.14 bits per heavy atom. The number of methoxy groups -OCH3 is 1.